The van der Waals surface area contributed by atoms with Crippen LogP contribution in [-0.4, -0.2) is 35.5 Å². The summed E-state index contributed by atoms with van der Waals surface area (Å²) >= 11 is 3.29. The van der Waals surface area contributed by atoms with E-state index in [0.717, 1.165) is 9.48 Å². The van der Waals surface area contributed by atoms with Gasteiger partial charge in [0.1, 0.15) is 12.3 Å². The zero-order valence-electron chi connectivity index (χ0n) is 10.6. The highest BCUT2D eigenvalue weighted by Crippen LogP contribution is 2.17. The molecule has 20 heavy (non-hydrogen) atoms. The van der Waals surface area contributed by atoms with Gasteiger partial charge < -0.3 is 4.74 Å². The molecule has 1 aliphatic heterocycles. The van der Waals surface area contributed by atoms with Gasteiger partial charge in [0.15, 0.2) is 6.10 Å². The first kappa shape index (κ1) is 14.3. The van der Waals surface area contributed by atoms with Crippen LogP contribution < -0.4 is 15.5 Å². The number of benzene rings is 1. The molecule has 1 saturated heterocycles. The lowest BCUT2D eigenvalue weighted by Gasteiger charge is -2.19. The first-order chi connectivity index (χ1) is 9.45. The van der Waals surface area contributed by atoms with Gasteiger partial charge in [0.05, 0.1) is 0 Å². The number of hydrogen-bond donors (Lipinski definition) is 2. The topological polar surface area (TPSA) is 87.7 Å². The molecule has 4 amide bonds. The third-order valence-electron chi connectivity index (χ3n) is 2.53. The third kappa shape index (κ3) is 3.47. The van der Waals surface area contributed by atoms with Crippen molar-refractivity contribution in [1.82, 2.24) is 15.8 Å². The molecular formula is C12H12BrN3O4. The van der Waals surface area contributed by atoms with Crippen LogP contribution in [0.25, 0.3) is 0 Å². The molecule has 2 rings (SSSR count). The van der Waals surface area contributed by atoms with Crippen molar-refractivity contribution in [1.29, 1.82) is 0 Å². The zero-order chi connectivity index (χ0) is 14.7. The van der Waals surface area contributed by atoms with Crippen LogP contribution in [0.15, 0.2) is 28.7 Å². The summed E-state index contributed by atoms with van der Waals surface area (Å²) in [4.78, 5) is 34.1. The Morgan fingerprint density at radius 1 is 1.40 bits per heavy atom. The number of amides is 4. The molecule has 0 spiro atoms. The van der Waals surface area contributed by atoms with Gasteiger partial charge in [-0.05, 0) is 31.2 Å². The van der Waals surface area contributed by atoms with Crippen LogP contribution in [-0.2, 0) is 9.59 Å². The molecule has 0 saturated carbocycles. The monoisotopic (exact) mass is 341 g/mol. The van der Waals surface area contributed by atoms with Crippen LogP contribution in [0.3, 0.4) is 0 Å². The lowest BCUT2D eigenvalue weighted by atomic mass is 10.3. The van der Waals surface area contributed by atoms with Crippen LogP contribution in [0.1, 0.15) is 6.92 Å². The lowest BCUT2D eigenvalue weighted by Crippen LogP contribution is -2.48. The van der Waals surface area contributed by atoms with E-state index in [9.17, 15) is 14.4 Å². The summed E-state index contributed by atoms with van der Waals surface area (Å²) in [5.74, 6) is -0.452. The van der Waals surface area contributed by atoms with E-state index < -0.39 is 23.9 Å². The molecule has 0 aliphatic carbocycles. The number of nitrogens with zero attached hydrogens (tertiary/aromatic N) is 1. The average Bonchev–Trinajstić information content (AvgIpc) is 2.70. The maximum atomic E-state index is 11.8. The van der Waals surface area contributed by atoms with Crippen molar-refractivity contribution < 1.29 is 19.1 Å². The molecule has 2 N–H and O–H groups in total. The summed E-state index contributed by atoms with van der Waals surface area (Å²) in [6.07, 6.45) is -0.806. The largest absolute Gasteiger partial charge is 0.481 e. The van der Waals surface area contributed by atoms with E-state index in [4.69, 9.17) is 4.74 Å². The molecule has 1 atom stereocenters. The van der Waals surface area contributed by atoms with Crippen molar-refractivity contribution in [2.75, 3.05) is 6.54 Å². The van der Waals surface area contributed by atoms with Gasteiger partial charge in [-0.1, -0.05) is 15.9 Å². The van der Waals surface area contributed by atoms with E-state index in [2.05, 4.69) is 26.7 Å². The van der Waals surface area contributed by atoms with Crippen molar-refractivity contribution in [2.24, 2.45) is 0 Å². The fourth-order valence-corrected chi connectivity index (χ4v) is 1.79. The molecule has 0 radical (unpaired) electrons. The molecule has 0 bridgehead atoms. The van der Waals surface area contributed by atoms with Crippen molar-refractivity contribution >= 4 is 33.8 Å². The highest BCUT2D eigenvalue weighted by molar-refractivity contribution is 9.10. The number of ether oxygens (including phenoxy) is 1. The maximum Gasteiger partial charge on any atom is 0.343 e. The molecular weight excluding hydrogens is 330 g/mol. The minimum atomic E-state index is -0.806. The Morgan fingerprint density at radius 3 is 2.60 bits per heavy atom. The fraction of sp³-hybridized carbons (Fsp3) is 0.250. The zero-order valence-corrected chi connectivity index (χ0v) is 12.1. The highest BCUT2D eigenvalue weighted by atomic mass is 79.9. The van der Waals surface area contributed by atoms with Gasteiger partial charge in [0.2, 0.25) is 5.91 Å². The number of imide groups is 1. The van der Waals surface area contributed by atoms with Crippen LogP contribution in [0.5, 0.6) is 5.75 Å². The maximum absolute atomic E-state index is 11.8. The molecule has 7 nitrogen and oxygen atoms in total. The van der Waals surface area contributed by atoms with Gasteiger partial charge in [-0.25, -0.2) is 9.80 Å². The quantitative estimate of drug-likeness (QED) is 0.793. The Kier molecular flexibility index (Phi) is 4.23. The summed E-state index contributed by atoms with van der Waals surface area (Å²) in [6.45, 7) is 1.35. The Labute approximate surface area is 123 Å². The molecule has 0 aromatic heterocycles. The summed E-state index contributed by atoms with van der Waals surface area (Å²) in [5, 5.41) is 2.96. The SMILES string of the molecule is CC(Oc1ccc(Br)cc1)C(=O)NN1CC(=O)NC1=O. The van der Waals surface area contributed by atoms with Crippen LogP contribution in [0.4, 0.5) is 4.79 Å². The molecule has 1 unspecified atom stereocenters. The van der Waals surface area contributed by atoms with Crippen molar-refractivity contribution in [3.63, 3.8) is 0 Å². The Balaban J connectivity index is 1.90. The van der Waals surface area contributed by atoms with Crippen LogP contribution in [0.2, 0.25) is 0 Å². The smallest absolute Gasteiger partial charge is 0.343 e. The van der Waals surface area contributed by atoms with E-state index in [1.807, 2.05) is 0 Å². The Bertz CT molecular complexity index is 546. The number of hydrazine groups is 1. The number of carbonyl (C=O) groups is 3. The molecule has 106 valence electrons. The molecule has 1 aromatic rings. The second kappa shape index (κ2) is 5.91. The highest BCUT2D eigenvalue weighted by Gasteiger charge is 2.29. The first-order valence-electron chi connectivity index (χ1n) is 5.80. The van der Waals surface area contributed by atoms with Crippen molar-refractivity contribution in [2.45, 2.75) is 13.0 Å². The van der Waals surface area contributed by atoms with E-state index in [-0.39, 0.29) is 6.54 Å². The second-order valence-corrected chi connectivity index (χ2v) is 5.05. The predicted molar refractivity (Wildman–Crippen MR) is 72.6 cm³/mol. The molecule has 8 heteroatoms. The van der Waals surface area contributed by atoms with Gasteiger partial charge in [0, 0.05) is 4.47 Å². The Morgan fingerprint density at radius 2 is 2.05 bits per heavy atom. The minimum absolute atomic E-state index is 0.199. The minimum Gasteiger partial charge on any atom is -0.481 e. The van der Waals surface area contributed by atoms with E-state index in [1.165, 1.54) is 0 Å². The normalized spacial score (nSPS) is 15.8. The van der Waals surface area contributed by atoms with Crippen molar-refractivity contribution in [3.05, 3.63) is 28.7 Å². The summed E-state index contributed by atoms with van der Waals surface area (Å²) < 4.78 is 6.32. The number of halogens is 1. The van der Waals surface area contributed by atoms with Crippen LogP contribution >= 0.6 is 15.9 Å². The lowest BCUT2D eigenvalue weighted by molar-refractivity contribution is -0.131. The Hall–Kier alpha value is -2.09. The standard InChI is InChI=1S/C12H12BrN3O4/c1-7(20-9-4-2-8(13)3-5-9)11(18)15-16-6-10(17)14-12(16)19/h2-5,7H,6H2,1H3,(H,15,18)(H,14,17,19). The fourth-order valence-electron chi connectivity index (χ4n) is 1.53. The third-order valence-corrected chi connectivity index (χ3v) is 3.06. The summed E-state index contributed by atoms with van der Waals surface area (Å²) in [5.41, 5.74) is 2.32. The first-order valence-corrected chi connectivity index (χ1v) is 6.59. The van der Waals surface area contributed by atoms with Gasteiger partial charge in [-0.2, -0.15) is 0 Å². The predicted octanol–water partition coefficient (Wildman–Crippen LogP) is 0.799. The number of rotatable bonds is 4. The van der Waals surface area contributed by atoms with Gasteiger partial charge in [-0.3, -0.25) is 20.3 Å². The average molecular weight is 342 g/mol. The van der Waals surface area contributed by atoms with Crippen LogP contribution in [0, 0.1) is 0 Å². The van der Waals surface area contributed by atoms with E-state index in [1.54, 1.807) is 31.2 Å². The summed E-state index contributed by atoms with van der Waals surface area (Å²) in [7, 11) is 0. The number of hydrogen-bond acceptors (Lipinski definition) is 4. The van der Waals surface area contributed by atoms with E-state index >= 15 is 0 Å². The molecule has 1 fully saturated rings. The van der Waals surface area contributed by atoms with Gasteiger partial charge in [-0.15, -0.1) is 0 Å². The molecule has 1 aromatic carbocycles. The molecule has 1 aliphatic rings. The number of carbonyl (C=O) groups excluding carboxylic acids is 3. The second-order valence-electron chi connectivity index (χ2n) is 4.13. The number of urea groups is 1. The van der Waals surface area contributed by atoms with Crippen molar-refractivity contribution in [3.8, 4) is 5.75 Å². The summed E-state index contributed by atoms with van der Waals surface area (Å²) in [6, 6.07) is 6.33. The molecule has 1 heterocycles. The van der Waals surface area contributed by atoms with Gasteiger partial charge >= 0.3 is 6.03 Å². The van der Waals surface area contributed by atoms with Gasteiger partial charge in [0.25, 0.3) is 5.91 Å². The number of nitrogens with one attached hydrogen (secondary N) is 2. The van der Waals surface area contributed by atoms with E-state index in [0.29, 0.717) is 5.75 Å².